The number of fused-ring (bicyclic) bond motifs is 1. The summed E-state index contributed by atoms with van der Waals surface area (Å²) in [5.74, 6) is 0.156. The number of rotatable bonds is 1. The van der Waals surface area contributed by atoms with E-state index in [1.807, 2.05) is 17.9 Å². The van der Waals surface area contributed by atoms with Gasteiger partial charge in [0.15, 0.2) is 0 Å². The number of benzene rings is 1. The number of aryl methyl sites for hydroxylation is 2. The lowest BCUT2D eigenvalue weighted by molar-refractivity contribution is -0.0124. The van der Waals surface area contributed by atoms with E-state index in [0.717, 1.165) is 12.0 Å². The molecule has 3 heteroatoms. The van der Waals surface area contributed by atoms with Crippen LogP contribution < -0.4 is 0 Å². The Hall–Kier alpha value is -1.35. The van der Waals surface area contributed by atoms with Crippen LogP contribution >= 0.6 is 0 Å². The van der Waals surface area contributed by atoms with Crippen LogP contribution in [0.5, 0.6) is 0 Å². The number of hydrogen-bond donors (Lipinski definition) is 0. The molecule has 0 spiro atoms. The van der Waals surface area contributed by atoms with E-state index in [-0.39, 0.29) is 12.0 Å². The molecule has 0 saturated carbocycles. The highest BCUT2D eigenvalue weighted by atomic mass is 16.5. The van der Waals surface area contributed by atoms with E-state index in [2.05, 4.69) is 12.1 Å². The smallest absolute Gasteiger partial charge is 0.254 e. The van der Waals surface area contributed by atoms with Gasteiger partial charge in [0.1, 0.15) is 0 Å². The molecule has 102 valence electrons. The van der Waals surface area contributed by atoms with Gasteiger partial charge in [-0.25, -0.2) is 0 Å². The zero-order valence-electron chi connectivity index (χ0n) is 11.5. The minimum absolute atomic E-state index is 0.148. The second kappa shape index (κ2) is 5.33. The molecule has 1 aliphatic heterocycles. The number of amides is 1. The Bertz CT molecular complexity index is 484. The van der Waals surface area contributed by atoms with Crippen LogP contribution in [0.25, 0.3) is 0 Å². The van der Waals surface area contributed by atoms with E-state index < -0.39 is 0 Å². The number of ether oxygens (including phenoxy) is 1. The maximum Gasteiger partial charge on any atom is 0.254 e. The van der Waals surface area contributed by atoms with Crippen molar-refractivity contribution in [1.82, 2.24) is 4.90 Å². The van der Waals surface area contributed by atoms with E-state index in [1.165, 1.54) is 30.4 Å². The normalized spacial score (nSPS) is 23.0. The van der Waals surface area contributed by atoms with E-state index in [0.29, 0.717) is 19.7 Å². The summed E-state index contributed by atoms with van der Waals surface area (Å²) in [5, 5.41) is 0. The molecule has 3 rings (SSSR count). The van der Waals surface area contributed by atoms with E-state index >= 15 is 0 Å². The molecule has 1 aromatic carbocycles. The molecule has 1 atom stereocenters. The molecule has 1 saturated heterocycles. The number of carbonyl (C=O) groups is 1. The zero-order valence-corrected chi connectivity index (χ0v) is 11.5. The Morgan fingerprint density at radius 2 is 2.05 bits per heavy atom. The summed E-state index contributed by atoms with van der Waals surface area (Å²) >= 11 is 0. The van der Waals surface area contributed by atoms with Crippen molar-refractivity contribution < 1.29 is 9.53 Å². The van der Waals surface area contributed by atoms with E-state index in [9.17, 15) is 4.79 Å². The van der Waals surface area contributed by atoms with Crippen LogP contribution in [0.3, 0.4) is 0 Å². The minimum atomic E-state index is 0.148. The Morgan fingerprint density at radius 3 is 2.84 bits per heavy atom. The summed E-state index contributed by atoms with van der Waals surface area (Å²) in [4.78, 5) is 14.4. The predicted octanol–water partition coefficient (Wildman–Crippen LogP) is 2.43. The molecule has 1 heterocycles. The van der Waals surface area contributed by atoms with Crippen LogP contribution in [-0.4, -0.2) is 36.6 Å². The minimum Gasteiger partial charge on any atom is -0.375 e. The molecule has 19 heavy (non-hydrogen) atoms. The molecule has 3 nitrogen and oxygen atoms in total. The van der Waals surface area contributed by atoms with Crippen molar-refractivity contribution in [2.75, 3.05) is 19.7 Å². The van der Waals surface area contributed by atoms with Gasteiger partial charge in [-0.05, 0) is 55.9 Å². The molecule has 1 fully saturated rings. The van der Waals surface area contributed by atoms with Crippen molar-refractivity contribution in [3.63, 3.8) is 0 Å². The van der Waals surface area contributed by atoms with Gasteiger partial charge < -0.3 is 9.64 Å². The molecule has 0 radical (unpaired) electrons. The summed E-state index contributed by atoms with van der Waals surface area (Å²) < 4.78 is 5.49. The van der Waals surface area contributed by atoms with Crippen LogP contribution in [0.1, 0.15) is 41.3 Å². The van der Waals surface area contributed by atoms with E-state index in [4.69, 9.17) is 4.74 Å². The standard InChI is InChI=1S/C16H21NO2/c1-12-11-17(8-9-19-12)16(18)15-7-6-13-4-2-3-5-14(13)10-15/h6-7,10,12H,2-5,8-9,11H2,1H3. The van der Waals surface area contributed by atoms with Crippen LogP contribution in [0, 0.1) is 0 Å². The first-order valence-electron chi connectivity index (χ1n) is 7.27. The lowest BCUT2D eigenvalue weighted by Crippen LogP contribution is -2.44. The molecule has 0 N–H and O–H groups in total. The van der Waals surface area contributed by atoms with Crippen molar-refractivity contribution in [2.24, 2.45) is 0 Å². The van der Waals surface area contributed by atoms with Crippen LogP contribution in [0.4, 0.5) is 0 Å². The Morgan fingerprint density at radius 1 is 1.26 bits per heavy atom. The third-order valence-electron chi connectivity index (χ3n) is 4.12. The molecule has 2 aliphatic rings. The number of hydrogen-bond acceptors (Lipinski definition) is 2. The molecular weight excluding hydrogens is 238 g/mol. The van der Waals surface area contributed by atoms with Crippen LogP contribution in [0.15, 0.2) is 18.2 Å². The molecule has 1 aliphatic carbocycles. The molecule has 1 aromatic rings. The lowest BCUT2D eigenvalue weighted by Gasteiger charge is -2.31. The maximum absolute atomic E-state index is 12.5. The van der Waals surface area contributed by atoms with Crippen molar-refractivity contribution in [1.29, 1.82) is 0 Å². The van der Waals surface area contributed by atoms with Crippen LogP contribution in [0.2, 0.25) is 0 Å². The van der Waals surface area contributed by atoms with Crippen molar-refractivity contribution >= 4 is 5.91 Å². The second-order valence-corrected chi connectivity index (χ2v) is 5.62. The van der Waals surface area contributed by atoms with Crippen molar-refractivity contribution in [3.05, 3.63) is 34.9 Å². The third kappa shape index (κ3) is 2.66. The fourth-order valence-corrected chi connectivity index (χ4v) is 3.05. The predicted molar refractivity (Wildman–Crippen MR) is 74.4 cm³/mol. The maximum atomic E-state index is 12.5. The molecular formula is C16H21NO2. The number of carbonyl (C=O) groups excluding carboxylic acids is 1. The highest BCUT2D eigenvalue weighted by Crippen LogP contribution is 2.23. The fourth-order valence-electron chi connectivity index (χ4n) is 3.05. The van der Waals surface area contributed by atoms with Gasteiger partial charge in [0.25, 0.3) is 5.91 Å². The highest BCUT2D eigenvalue weighted by molar-refractivity contribution is 5.94. The first kappa shape index (κ1) is 12.7. The summed E-state index contributed by atoms with van der Waals surface area (Å²) in [5.41, 5.74) is 3.64. The lowest BCUT2D eigenvalue weighted by atomic mass is 9.90. The van der Waals surface area contributed by atoms with Crippen molar-refractivity contribution in [2.45, 2.75) is 38.7 Å². The molecule has 1 unspecified atom stereocenters. The largest absolute Gasteiger partial charge is 0.375 e. The molecule has 0 aromatic heterocycles. The van der Waals surface area contributed by atoms with Gasteiger partial charge in [-0.1, -0.05) is 6.07 Å². The van der Waals surface area contributed by atoms with Gasteiger partial charge in [0.2, 0.25) is 0 Å². The summed E-state index contributed by atoms with van der Waals surface area (Å²) in [6, 6.07) is 6.25. The van der Waals surface area contributed by atoms with Gasteiger partial charge >= 0.3 is 0 Å². The van der Waals surface area contributed by atoms with Gasteiger partial charge in [0.05, 0.1) is 12.7 Å². The first-order chi connectivity index (χ1) is 9.24. The summed E-state index contributed by atoms with van der Waals surface area (Å²) in [6.07, 6.45) is 4.96. The Balaban J connectivity index is 1.79. The zero-order chi connectivity index (χ0) is 13.2. The third-order valence-corrected chi connectivity index (χ3v) is 4.12. The Labute approximate surface area is 114 Å². The first-order valence-corrected chi connectivity index (χ1v) is 7.27. The van der Waals surface area contributed by atoms with Crippen molar-refractivity contribution in [3.8, 4) is 0 Å². The van der Waals surface area contributed by atoms with E-state index in [1.54, 1.807) is 0 Å². The molecule has 0 bridgehead atoms. The average molecular weight is 259 g/mol. The second-order valence-electron chi connectivity index (χ2n) is 5.62. The quantitative estimate of drug-likeness (QED) is 0.775. The summed E-state index contributed by atoms with van der Waals surface area (Å²) in [6.45, 7) is 4.08. The van der Waals surface area contributed by atoms with Crippen LogP contribution in [-0.2, 0) is 17.6 Å². The molecule has 1 amide bonds. The fraction of sp³-hybridized carbons (Fsp3) is 0.562. The van der Waals surface area contributed by atoms with Gasteiger partial charge in [-0.15, -0.1) is 0 Å². The Kier molecular flexibility index (Phi) is 3.56. The highest BCUT2D eigenvalue weighted by Gasteiger charge is 2.23. The van der Waals surface area contributed by atoms with Gasteiger partial charge in [-0.3, -0.25) is 4.79 Å². The topological polar surface area (TPSA) is 29.5 Å². The van der Waals surface area contributed by atoms with Gasteiger partial charge in [-0.2, -0.15) is 0 Å². The number of morpholine rings is 1. The number of nitrogens with zero attached hydrogens (tertiary/aromatic N) is 1. The SMILES string of the molecule is CC1CN(C(=O)c2ccc3c(c2)CCCC3)CCO1. The van der Waals surface area contributed by atoms with Gasteiger partial charge in [0, 0.05) is 18.7 Å². The summed E-state index contributed by atoms with van der Waals surface area (Å²) in [7, 11) is 0. The monoisotopic (exact) mass is 259 g/mol. The average Bonchev–Trinajstić information content (AvgIpc) is 2.46.